The fourth-order valence-corrected chi connectivity index (χ4v) is 2.38. The van der Waals surface area contributed by atoms with Gasteiger partial charge in [0.2, 0.25) is 0 Å². The van der Waals surface area contributed by atoms with Crippen molar-refractivity contribution in [1.82, 2.24) is 4.90 Å². The Morgan fingerprint density at radius 3 is 3.00 bits per heavy atom. The van der Waals surface area contributed by atoms with E-state index in [0.717, 1.165) is 25.7 Å². The van der Waals surface area contributed by atoms with Crippen LogP contribution in [0.5, 0.6) is 0 Å². The molecule has 0 aromatic heterocycles. The van der Waals surface area contributed by atoms with Gasteiger partial charge in [-0.25, -0.2) is 4.39 Å². The third-order valence-corrected chi connectivity index (χ3v) is 3.66. The number of morpholine rings is 1. The number of anilines is 1. The number of rotatable bonds is 5. The Morgan fingerprint density at radius 2 is 2.33 bits per heavy atom. The number of nitro benzene ring substituents is 1. The molecule has 1 aromatic rings. The molecular weight excluding hydrogens is 277 g/mol. The molecule has 1 unspecified atom stereocenters. The molecule has 1 atom stereocenters. The number of hydrogen-bond donors (Lipinski definition) is 1. The number of aryl methyl sites for hydroxylation is 1. The second-order valence-corrected chi connectivity index (χ2v) is 5.14. The number of likely N-dealkylation sites (N-methyl/N-ethyl adjacent to an activating group) is 1. The molecule has 1 fully saturated rings. The van der Waals surface area contributed by atoms with Crippen molar-refractivity contribution in [1.29, 1.82) is 0 Å². The first kappa shape index (κ1) is 15.7. The maximum Gasteiger partial charge on any atom is 0.295 e. The highest BCUT2D eigenvalue weighted by atomic mass is 19.1. The lowest BCUT2D eigenvalue weighted by atomic mass is 10.1. The summed E-state index contributed by atoms with van der Waals surface area (Å²) in [5.41, 5.74) is 0.459. The predicted molar refractivity (Wildman–Crippen MR) is 78.1 cm³/mol. The minimum Gasteiger partial charge on any atom is -0.377 e. The molecule has 2 rings (SSSR count). The molecule has 1 saturated heterocycles. The normalized spacial score (nSPS) is 19.5. The summed E-state index contributed by atoms with van der Waals surface area (Å²) >= 11 is 0. The summed E-state index contributed by atoms with van der Waals surface area (Å²) in [7, 11) is 0. The van der Waals surface area contributed by atoms with Crippen LogP contribution in [-0.4, -0.2) is 48.7 Å². The highest BCUT2D eigenvalue weighted by Crippen LogP contribution is 2.27. The Kier molecular flexibility index (Phi) is 5.08. The van der Waals surface area contributed by atoms with Gasteiger partial charge in [0, 0.05) is 19.6 Å². The smallest absolute Gasteiger partial charge is 0.295 e. The van der Waals surface area contributed by atoms with Gasteiger partial charge in [0.05, 0.1) is 23.7 Å². The van der Waals surface area contributed by atoms with Gasteiger partial charge < -0.3 is 10.1 Å². The SMILES string of the molecule is CCN1CCOC(CNc2cc(C)c(F)cc2[N+](=O)[O-])C1. The van der Waals surface area contributed by atoms with Gasteiger partial charge in [0.1, 0.15) is 11.5 Å². The van der Waals surface area contributed by atoms with Crippen molar-refractivity contribution in [3.05, 3.63) is 33.6 Å². The zero-order chi connectivity index (χ0) is 15.4. The summed E-state index contributed by atoms with van der Waals surface area (Å²) in [5.74, 6) is -0.571. The molecule has 0 bridgehead atoms. The zero-order valence-corrected chi connectivity index (χ0v) is 12.3. The van der Waals surface area contributed by atoms with E-state index < -0.39 is 10.7 Å². The Bertz CT molecular complexity index is 524. The molecule has 1 heterocycles. The number of nitro groups is 1. The largest absolute Gasteiger partial charge is 0.377 e. The molecule has 21 heavy (non-hydrogen) atoms. The van der Waals surface area contributed by atoms with Crippen LogP contribution in [0.4, 0.5) is 15.8 Å². The van der Waals surface area contributed by atoms with E-state index in [9.17, 15) is 14.5 Å². The van der Waals surface area contributed by atoms with Gasteiger partial charge in [0.15, 0.2) is 0 Å². The number of nitrogens with zero attached hydrogens (tertiary/aromatic N) is 2. The van der Waals surface area contributed by atoms with Crippen LogP contribution in [0.1, 0.15) is 12.5 Å². The highest BCUT2D eigenvalue weighted by Gasteiger charge is 2.21. The van der Waals surface area contributed by atoms with Crippen molar-refractivity contribution >= 4 is 11.4 Å². The first-order chi connectivity index (χ1) is 10.0. The van der Waals surface area contributed by atoms with Gasteiger partial charge in [-0.15, -0.1) is 0 Å². The number of nitrogens with one attached hydrogen (secondary N) is 1. The van der Waals surface area contributed by atoms with Gasteiger partial charge in [-0.2, -0.15) is 0 Å². The van der Waals surface area contributed by atoms with Crippen molar-refractivity contribution < 1.29 is 14.1 Å². The molecular formula is C14H20FN3O3. The summed E-state index contributed by atoms with van der Waals surface area (Å²) in [6.07, 6.45) is -0.0244. The van der Waals surface area contributed by atoms with E-state index >= 15 is 0 Å². The first-order valence-corrected chi connectivity index (χ1v) is 7.03. The Labute approximate surface area is 123 Å². The van der Waals surface area contributed by atoms with E-state index in [1.165, 1.54) is 6.07 Å². The second-order valence-electron chi connectivity index (χ2n) is 5.14. The molecule has 7 heteroatoms. The van der Waals surface area contributed by atoms with Crippen molar-refractivity contribution in [3.63, 3.8) is 0 Å². The van der Waals surface area contributed by atoms with Crippen molar-refractivity contribution in [3.8, 4) is 0 Å². The van der Waals surface area contributed by atoms with Gasteiger partial charge >= 0.3 is 0 Å². The maximum absolute atomic E-state index is 13.4. The van der Waals surface area contributed by atoms with Gasteiger partial charge in [-0.3, -0.25) is 15.0 Å². The molecule has 116 valence electrons. The summed E-state index contributed by atoms with van der Waals surface area (Å²) in [5, 5.41) is 14.0. The first-order valence-electron chi connectivity index (χ1n) is 7.03. The average molecular weight is 297 g/mol. The molecule has 1 N–H and O–H groups in total. The molecule has 6 nitrogen and oxygen atoms in total. The average Bonchev–Trinajstić information content (AvgIpc) is 2.48. The maximum atomic E-state index is 13.4. The third kappa shape index (κ3) is 3.89. The summed E-state index contributed by atoms with van der Waals surface area (Å²) in [6.45, 7) is 7.44. The Balaban J connectivity index is 2.05. The topological polar surface area (TPSA) is 67.6 Å². The van der Waals surface area contributed by atoms with Crippen molar-refractivity contribution in [2.45, 2.75) is 20.0 Å². The molecule has 0 aliphatic carbocycles. The number of benzene rings is 1. The molecule has 0 radical (unpaired) electrons. The van der Waals surface area contributed by atoms with E-state index in [-0.39, 0.29) is 11.8 Å². The molecule has 0 spiro atoms. The minimum absolute atomic E-state index is 0.0244. The van der Waals surface area contributed by atoms with Gasteiger partial charge in [-0.1, -0.05) is 6.92 Å². The van der Waals surface area contributed by atoms with E-state index in [1.807, 2.05) is 0 Å². The Morgan fingerprint density at radius 1 is 1.57 bits per heavy atom. The van der Waals surface area contributed by atoms with Gasteiger partial charge in [-0.05, 0) is 25.1 Å². The van der Waals surface area contributed by atoms with Crippen molar-refractivity contribution in [2.24, 2.45) is 0 Å². The number of ether oxygens (including phenoxy) is 1. The van der Waals surface area contributed by atoms with Crippen LogP contribution in [0.25, 0.3) is 0 Å². The van der Waals surface area contributed by atoms with Crippen LogP contribution in [0.3, 0.4) is 0 Å². The van der Waals surface area contributed by atoms with Crippen molar-refractivity contribution in [2.75, 3.05) is 38.1 Å². The van der Waals surface area contributed by atoms with Crippen LogP contribution < -0.4 is 5.32 Å². The number of halogens is 1. The van der Waals surface area contributed by atoms with Gasteiger partial charge in [0.25, 0.3) is 5.69 Å². The minimum atomic E-state index is -0.578. The molecule has 0 amide bonds. The summed E-state index contributed by atoms with van der Waals surface area (Å²) < 4.78 is 19.1. The van der Waals surface area contributed by atoms with E-state index in [0.29, 0.717) is 24.4 Å². The Hall–Kier alpha value is -1.73. The second kappa shape index (κ2) is 6.82. The highest BCUT2D eigenvalue weighted by molar-refractivity contribution is 5.63. The fraction of sp³-hybridized carbons (Fsp3) is 0.571. The lowest BCUT2D eigenvalue weighted by molar-refractivity contribution is -0.384. The zero-order valence-electron chi connectivity index (χ0n) is 12.3. The summed E-state index contributed by atoms with van der Waals surface area (Å²) in [6, 6.07) is 2.42. The predicted octanol–water partition coefficient (Wildman–Crippen LogP) is 2.17. The quantitative estimate of drug-likeness (QED) is 0.666. The van der Waals surface area contributed by atoms with E-state index in [1.54, 1.807) is 6.92 Å². The molecule has 1 aliphatic rings. The fourth-order valence-electron chi connectivity index (χ4n) is 2.38. The van der Waals surface area contributed by atoms with Crippen LogP contribution in [0.15, 0.2) is 12.1 Å². The lowest BCUT2D eigenvalue weighted by Gasteiger charge is -2.32. The van der Waals surface area contributed by atoms with Crippen LogP contribution >= 0.6 is 0 Å². The van der Waals surface area contributed by atoms with E-state index in [4.69, 9.17) is 4.74 Å². The van der Waals surface area contributed by atoms with E-state index in [2.05, 4.69) is 17.1 Å². The van der Waals surface area contributed by atoms with Crippen LogP contribution in [0.2, 0.25) is 0 Å². The molecule has 0 saturated carbocycles. The molecule has 1 aliphatic heterocycles. The van der Waals surface area contributed by atoms with Crippen LogP contribution in [-0.2, 0) is 4.74 Å². The molecule has 1 aromatic carbocycles. The third-order valence-electron chi connectivity index (χ3n) is 3.66. The summed E-state index contributed by atoms with van der Waals surface area (Å²) in [4.78, 5) is 12.7. The monoisotopic (exact) mass is 297 g/mol. The number of hydrogen-bond acceptors (Lipinski definition) is 5. The van der Waals surface area contributed by atoms with Crippen LogP contribution in [0, 0.1) is 22.9 Å². The lowest BCUT2D eigenvalue weighted by Crippen LogP contribution is -2.45. The standard InChI is InChI=1S/C14H20FN3O3/c1-3-17-4-5-21-11(9-17)8-16-13-6-10(2)12(15)7-14(13)18(19)20/h6-7,11,16H,3-5,8-9H2,1-2H3.